The first-order valence-electron chi connectivity index (χ1n) is 6.75. The number of hydrogen-bond donors (Lipinski definition) is 2. The smallest absolute Gasteiger partial charge is 0.296 e. The van der Waals surface area contributed by atoms with E-state index in [0.717, 1.165) is 22.0 Å². The number of H-pyrrole nitrogens is 1. The fraction of sp³-hybridized carbons (Fsp3) is 0.125. The molecule has 6 heteroatoms. The third-order valence-electron chi connectivity index (χ3n) is 3.61. The summed E-state index contributed by atoms with van der Waals surface area (Å²) in [6, 6.07) is 7.04. The standard InChI is InChI=1S/C16H14N4O2/c1-9-5-6-12-13(10(9)2)18-16(22)14(12)19-20-15(21)11-4-3-7-17-8-11/h3-8,18,22H,1-2H3. The van der Waals surface area contributed by atoms with Crippen molar-refractivity contribution in [2.75, 3.05) is 0 Å². The van der Waals surface area contributed by atoms with E-state index in [1.165, 1.54) is 6.20 Å². The molecule has 3 aromatic rings. The zero-order chi connectivity index (χ0) is 15.7. The minimum Gasteiger partial charge on any atom is -0.493 e. The lowest BCUT2D eigenvalue weighted by molar-refractivity contribution is 0.0994. The second-order valence-corrected chi connectivity index (χ2v) is 5.00. The summed E-state index contributed by atoms with van der Waals surface area (Å²) in [7, 11) is 0. The molecule has 1 aromatic carbocycles. The number of rotatable bonds is 2. The molecule has 2 heterocycles. The maximum atomic E-state index is 11.9. The molecule has 2 aromatic heterocycles. The number of aryl methyl sites for hydroxylation is 2. The van der Waals surface area contributed by atoms with Crippen LogP contribution in [-0.4, -0.2) is 21.0 Å². The van der Waals surface area contributed by atoms with Gasteiger partial charge in [0.15, 0.2) is 5.69 Å². The van der Waals surface area contributed by atoms with Gasteiger partial charge in [-0.3, -0.25) is 9.78 Å². The van der Waals surface area contributed by atoms with Crippen LogP contribution in [0.5, 0.6) is 5.88 Å². The van der Waals surface area contributed by atoms with E-state index in [-0.39, 0.29) is 11.6 Å². The van der Waals surface area contributed by atoms with Gasteiger partial charge in [-0.1, -0.05) is 12.1 Å². The second-order valence-electron chi connectivity index (χ2n) is 5.00. The van der Waals surface area contributed by atoms with E-state index in [0.29, 0.717) is 5.56 Å². The van der Waals surface area contributed by atoms with Gasteiger partial charge >= 0.3 is 0 Å². The number of carbonyl (C=O) groups is 1. The van der Waals surface area contributed by atoms with Gasteiger partial charge in [-0.05, 0) is 37.1 Å². The summed E-state index contributed by atoms with van der Waals surface area (Å²) in [6.07, 6.45) is 2.99. The van der Waals surface area contributed by atoms with Crippen LogP contribution in [0, 0.1) is 13.8 Å². The van der Waals surface area contributed by atoms with E-state index in [2.05, 4.69) is 20.2 Å². The fourth-order valence-corrected chi connectivity index (χ4v) is 2.22. The summed E-state index contributed by atoms with van der Waals surface area (Å²) >= 11 is 0. The van der Waals surface area contributed by atoms with Crippen molar-refractivity contribution in [2.45, 2.75) is 13.8 Å². The number of carbonyl (C=O) groups excluding carboxylic acids is 1. The average Bonchev–Trinajstić information content (AvgIpc) is 2.86. The van der Waals surface area contributed by atoms with E-state index < -0.39 is 5.91 Å². The van der Waals surface area contributed by atoms with Gasteiger partial charge in [0.05, 0.1) is 11.1 Å². The van der Waals surface area contributed by atoms with Crippen LogP contribution >= 0.6 is 0 Å². The number of aromatic nitrogens is 2. The van der Waals surface area contributed by atoms with Gasteiger partial charge in [0.25, 0.3) is 5.91 Å². The van der Waals surface area contributed by atoms with Crippen LogP contribution in [0.1, 0.15) is 21.5 Å². The zero-order valence-corrected chi connectivity index (χ0v) is 12.2. The van der Waals surface area contributed by atoms with Gasteiger partial charge in [0, 0.05) is 17.8 Å². The largest absolute Gasteiger partial charge is 0.493 e. The number of benzene rings is 1. The average molecular weight is 294 g/mol. The van der Waals surface area contributed by atoms with Crippen molar-refractivity contribution in [1.82, 2.24) is 9.97 Å². The van der Waals surface area contributed by atoms with Crippen LogP contribution in [0.2, 0.25) is 0 Å². The van der Waals surface area contributed by atoms with Crippen molar-refractivity contribution < 1.29 is 9.90 Å². The lowest BCUT2D eigenvalue weighted by Gasteiger charge is -2.00. The number of nitrogens with one attached hydrogen (secondary N) is 1. The molecule has 0 fully saturated rings. The molecule has 0 radical (unpaired) electrons. The number of amides is 1. The zero-order valence-electron chi connectivity index (χ0n) is 12.2. The quantitative estimate of drug-likeness (QED) is 0.704. The first-order chi connectivity index (χ1) is 10.6. The van der Waals surface area contributed by atoms with E-state index >= 15 is 0 Å². The molecule has 0 atom stereocenters. The molecule has 1 amide bonds. The Bertz CT molecular complexity index is 882. The van der Waals surface area contributed by atoms with Crippen LogP contribution in [0.4, 0.5) is 5.69 Å². The first kappa shape index (κ1) is 13.9. The minimum absolute atomic E-state index is 0.105. The Labute approximate surface area is 126 Å². The summed E-state index contributed by atoms with van der Waals surface area (Å²) < 4.78 is 0. The van der Waals surface area contributed by atoms with Crippen LogP contribution in [0.15, 0.2) is 46.9 Å². The molecular weight excluding hydrogens is 280 g/mol. The predicted octanol–water partition coefficient (Wildman–Crippen LogP) is 3.81. The van der Waals surface area contributed by atoms with Gasteiger partial charge in [-0.2, -0.15) is 0 Å². The van der Waals surface area contributed by atoms with Crippen LogP contribution < -0.4 is 0 Å². The highest BCUT2D eigenvalue weighted by molar-refractivity contribution is 5.98. The molecule has 3 rings (SSSR count). The molecule has 0 aliphatic carbocycles. The first-order valence-corrected chi connectivity index (χ1v) is 6.75. The predicted molar refractivity (Wildman–Crippen MR) is 82.5 cm³/mol. The summed E-state index contributed by atoms with van der Waals surface area (Å²) in [4.78, 5) is 18.7. The van der Waals surface area contributed by atoms with Gasteiger partial charge in [0.2, 0.25) is 5.88 Å². The summed E-state index contributed by atoms with van der Waals surface area (Å²) in [5, 5.41) is 18.3. The normalized spacial score (nSPS) is 11.4. The maximum absolute atomic E-state index is 11.9. The Balaban J connectivity index is 2.01. The molecule has 110 valence electrons. The molecule has 6 nitrogen and oxygen atoms in total. The third-order valence-corrected chi connectivity index (χ3v) is 3.61. The van der Waals surface area contributed by atoms with Crippen LogP contribution in [0.3, 0.4) is 0 Å². The Morgan fingerprint density at radius 2 is 2.09 bits per heavy atom. The molecule has 0 bridgehead atoms. The highest BCUT2D eigenvalue weighted by Crippen LogP contribution is 2.37. The second kappa shape index (κ2) is 5.40. The number of fused-ring (bicyclic) bond motifs is 1. The molecule has 0 spiro atoms. The summed E-state index contributed by atoms with van der Waals surface area (Å²) in [6.45, 7) is 3.94. The topological polar surface area (TPSA) is 90.7 Å². The van der Waals surface area contributed by atoms with Crippen molar-refractivity contribution in [3.63, 3.8) is 0 Å². The van der Waals surface area contributed by atoms with E-state index in [4.69, 9.17) is 0 Å². The summed E-state index contributed by atoms with van der Waals surface area (Å²) in [5.41, 5.74) is 3.52. The molecule has 0 saturated heterocycles. The Hall–Kier alpha value is -3.02. The Morgan fingerprint density at radius 1 is 1.27 bits per heavy atom. The van der Waals surface area contributed by atoms with Crippen LogP contribution in [0.25, 0.3) is 10.9 Å². The molecule has 0 unspecified atom stereocenters. The van der Waals surface area contributed by atoms with Gasteiger partial charge in [0.1, 0.15) is 0 Å². The molecule has 2 N–H and O–H groups in total. The van der Waals surface area contributed by atoms with Crippen molar-refractivity contribution >= 4 is 22.5 Å². The third kappa shape index (κ3) is 2.35. The maximum Gasteiger partial charge on any atom is 0.296 e. The number of nitrogens with zero attached hydrogens (tertiary/aromatic N) is 3. The van der Waals surface area contributed by atoms with Gasteiger partial charge < -0.3 is 10.1 Å². The molecule has 0 saturated carbocycles. The monoisotopic (exact) mass is 294 g/mol. The van der Waals surface area contributed by atoms with Crippen molar-refractivity contribution in [1.29, 1.82) is 0 Å². The number of aromatic amines is 1. The summed E-state index contributed by atoms with van der Waals surface area (Å²) in [5.74, 6) is -0.614. The Kier molecular flexibility index (Phi) is 3.42. The molecular formula is C16H14N4O2. The lowest BCUT2D eigenvalue weighted by atomic mass is 10.1. The van der Waals surface area contributed by atoms with Crippen LogP contribution in [-0.2, 0) is 0 Å². The SMILES string of the molecule is Cc1ccc2c(N=NC(=O)c3cccnc3)c(O)[nH]c2c1C. The molecule has 0 aliphatic heterocycles. The van der Waals surface area contributed by atoms with E-state index in [1.54, 1.807) is 18.3 Å². The van der Waals surface area contributed by atoms with E-state index in [1.807, 2.05) is 26.0 Å². The van der Waals surface area contributed by atoms with Gasteiger partial charge in [-0.25, -0.2) is 0 Å². The van der Waals surface area contributed by atoms with Crippen molar-refractivity contribution in [3.05, 3.63) is 53.3 Å². The molecule has 22 heavy (non-hydrogen) atoms. The molecule has 0 aliphatic rings. The number of aromatic hydroxyl groups is 1. The Morgan fingerprint density at radius 3 is 2.82 bits per heavy atom. The van der Waals surface area contributed by atoms with Crippen molar-refractivity contribution in [3.8, 4) is 5.88 Å². The lowest BCUT2D eigenvalue weighted by Crippen LogP contribution is -1.93. The minimum atomic E-state index is -0.509. The van der Waals surface area contributed by atoms with E-state index in [9.17, 15) is 9.90 Å². The van der Waals surface area contributed by atoms with Gasteiger partial charge in [-0.15, -0.1) is 10.2 Å². The highest BCUT2D eigenvalue weighted by atomic mass is 16.3. The number of hydrogen-bond acceptors (Lipinski definition) is 4. The number of pyridine rings is 1. The highest BCUT2D eigenvalue weighted by Gasteiger charge is 2.13. The number of azo groups is 1. The van der Waals surface area contributed by atoms with Crippen molar-refractivity contribution in [2.24, 2.45) is 10.2 Å². The fourth-order valence-electron chi connectivity index (χ4n) is 2.22.